The lowest BCUT2D eigenvalue weighted by atomic mass is 10.1. The van der Waals surface area contributed by atoms with E-state index in [4.69, 9.17) is 25.8 Å². The largest absolute Gasteiger partial charge is 0.495 e. The van der Waals surface area contributed by atoms with Crippen LogP contribution in [0.4, 0.5) is 11.8 Å². The number of aromatic nitrogens is 8. The predicted octanol–water partition coefficient (Wildman–Crippen LogP) is 3.62. The molecule has 5 heterocycles. The lowest BCUT2D eigenvalue weighted by Gasteiger charge is -2.28. The minimum Gasteiger partial charge on any atom is -0.495 e. The minimum atomic E-state index is -1.26. The molecule has 1 aliphatic heterocycles. The van der Waals surface area contributed by atoms with E-state index in [2.05, 4.69) is 51.2 Å². The van der Waals surface area contributed by atoms with E-state index in [0.29, 0.717) is 64.1 Å². The molecule has 1 aliphatic rings. The van der Waals surface area contributed by atoms with Gasteiger partial charge in [-0.3, -0.25) is 18.7 Å². The molecule has 2 atom stereocenters. The zero-order chi connectivity index (χ0) is 39.0. The first-order chi connectivity index (χ1) is 27.2. The second kappa shape index (κ2) is 17.2. The van der Waals surface area contributed by atoms with Crippen molar-refractivity contribution in [3.63, 3.8) is 0 Å². The van der Waals surface area contributed by atoms with Crippen LogP contribution in [-0.4, -0.2) is 89.9 Å². The fourth-order valence-corrected chi connectivity index (χ4v) is 6.28. The quantitative estimate of drug-likeness (QED) is 0.111. The number of halogens is 1. The molecule has 0 saturated heterocycles. The molecule has 0 bridgehead atoms. The van der Waals surface area contributed by atoms with E-state index in [1.54, 1.807) is 84.9 Å². The molecule has 0 aliphatic carbocycles. The standard InChI is InChI=1S/C38H39ClN12O5/c1-23-16-31(47-38(45-23)51-15-13-41-21-51)46-33(35(52)42-10-8-25-4-6-28(54-3)27(39)18-25)34(49-37-44-24(2)17-32(48-37)50-14-12-40-20-50)36(53)43-11-9-26-5-7-29-30(19-26)56-22-55-29/h4-7,12-21,33-34H,8-11,22H2,1-3H3,(H,42,52)(H,43,53)(H,44,48,49)(H,45,46,47). The van der Waals surface area contributed by atoms with Crippen molar-refractivity contribution < 1.29 is 23.8 Å². The van der Waals surface area contributed by atoms with Crippen LogP contribution in [0.15, 0.2) is 86.0 Å². The molecule has 17 nitrogen and oxygen atoms in total. The number of ether oxygens (including phenoxy) is 3. The average Bonchev–Trinajstić information content (AvgIpc) is 4.00. The smallest absolute Gasteiger partial charge is 0.245 e. The van der Waals surface area contributed by atoms with E-state index >= 15 is 0 Å². The maximum Gasteiger partial charge on any atom is 0.245 e. The number of imidazole rings is 2. The van der Waals surface area contributed by atoms with E-state index in [0.717, 1.165) is 11.1 Å². The van der Waals surface area contributed by atoms with Gasteiger partial charge < -0.3 is 35.5 Å². The number of benzene rings is 2. The van der Waals surface area contributed by atoms with Gasteiger partial charge in [-0.2, -0.15) is 9.97 Å². The van der Waals surface area contributed by atoms with Crippen molar-refractivity contribution in [3.05, 3.63) is 114 Å². The third kappa shape index (κ3) is 9.12. The number of nitrogens with one attached hydrogen (secondary N) is 4. The predicted molar refractivity (Wildman–Crippen MR) is 207 cm³/mol. The van der Waals surface area contributed by atoms with Crippen molar-refractivity contribution >= 4 is 35.2 Å². The van der Waals surface area contributed by atoms with Gasteiger partial charge in [0.05, 0.1) is 12.1 Å². The highest BCUT2D eigenvalue weighted by molar-refractivity contribution is 6.32. The molecule has 2 aromatic carbocycles. The van der Waals surface area contributed by atoms with E-state index in [1.165, 1.54) is 0 Å². The maximum absolute atomic E-state index is 14.4. The number of carbonyl (C=O) groups excluding carboxylic acids is 2. The van der Waals surface area contributed by atoms with Gasteiger partial charge in [-0.1, -0.05) is 23.7 Å². The van der Waals surface area contributed by atoms with Crippen molar-refractivity contribution in [1.29, 1.82) is 0 Å². The van der Waals surface area contributed by atoms with Crippen LogP contribution < -0.4 is 35.5 Å². The van der Waals surface area contributed by atoms with E-state index in [-0.39, 0.29) is 25.8 Å². The van der Waals surface area contributed by atoms with Crippen molar-refractivity contribution in [2.24, 2.45) is 0 Å². The zero-order valence-electron chi connectivity index (χ0n) is 30.8. The molecule has 7 rings (SSSR count). The summed E-state index contributed by atoms with van der Waals surface area (Å²) in [5, 5.41) is 12.9. The molecule has 18 heteroatoms. The highest BCUT2D eigenvalue weighted by Crippen LogP contribution is 2.32. The van der Waals surface area contributed by atoms with Crippen LogP contribution in [0, 0.1) is 13.8 Å². The topological polar surface area (TPSA) is 197 Å². The van der Waals surface area contributed by atoms with Crippen LogP contribution in [0.5, 0.6) is 17.2 Å². The first kappa shape index (κ1) is 37.6. The Hall–Kier alpha value is -6.75. The Kier molecular flexibility index (Phi) is 11.5. The molecule has 0 spiro atoms. The van der Waals surface area contributed by atoms with Crippen LogP contribution in [0.2, 0.25) is 5.02 Å². The second-order valence-corrected chi connectivity index (χ2v) is 13.2. The van der Waals surface area contributed by atoms with Crippen LogP contribution in [0.1, 0.15) is 22.5 Å². The number of hydrogen-bond donors (Lipinski definition) is 4. The van der Waals surface area contributed by atoms with Crippen molar-refractivity contribution in [3.8, 4) is 29.0 Å². The molecule has 0 fully saturated rings. The van der Waals surface area contributed by atoms with Gasteiger partial charge in [-0.15, -0.1) is 0 Å². The molecule has 56 heavy (non-hydrogen) atoms. The van der Waals surface area contributed by atoms with Crippen molar-refractivity contribution in [1.82, 2.24) is 49.7 Å². The van der Waals surface area contributed by atoms with Crippen LogP contribution >= 0.6 is 11.6 Å². The molecule has 2 amide bonds. The Morgan fingerprint density at radius 2 is 1.45 bits per heavy atom. The van der Waals surface area contributed by atoms with Crippen molar-refractivity contribution in [2.75, 3.05) is 37.6 Å². The Balaban J connectivity index is 1.19. The van der Waals surface area contributed by atoms with Gasteiger partial charge in [0.25, 0.3) is 0 Å². The normalized spacial score (nSPS) is 12.8. The first-order valence-corrected chi connectivity index (χ1v) is 18.1. The Bertz CT molecular complexity index is 2310. The monoisotopic (exact) mass is 778 g/mol. The van der Waals surface area contributed by atoms with E-state index < -0.39 is 23.9 Å². The second-order valence-electron chi connectivity index (χ2n) is 12.8. The average molecular weight is 779 g/mol. The van der Waals surface area contributed by atoms with E-state index in [9.17, 15) is 9.59 Å². The van der Waals surface area contributed by atoms with Crippen LogP contribution in [-0.2, 0) is 22.4 Å². The minimum absolute atomic E-state index is 0.120. The molecule has 0 radical (unpaired) electrons. The number of aryl methyl sites for hydroxylation is 2. The summed E-state index contributed by atoms with van der Waals surface area (Å²) in [6.07, 6.45) is 10.8. The summed E-state index contributed by atoms with van der Waals surface area (Å²) < 4.78 is 19.6. The Morgan fingerprint density at radius 1 is 0.786 bits per heavy atom. The molecule has 0 saturated carbocycles. The lowest BCUT2D eigenvalue weighted by Crippen LogP contribution is -2.57. The third-order valence-corrected chi connectivity index (χ3v) is 9.05. The fourth-order valence-electron chi connectivity index (χ4n) is 6.00. The highest BCUT2D eigenvalue weighted by atomic mass is 35.5. The highest BCUT2D eigenvalue weighted by Gasteiger charge is 2.35. The molecule has 6 aromatic rings. The molecular weight excluding hydrogens is 740 g/mol. The van der Waals surface area contributed by atoms with Crippen LogP contribution in [0.25, 0.3) is 11.8 Å². The summed E-state index contributed by atoms with van der Waals surface area (Å²) in [5.41, 5.74) is 3.05. The number of anilines is 2. The molecule has 288 valence electrons. The lowest BCUT2D eigenvalue weighted by molar-refractivity contribution is -0.127. The SMILES string of the molecule is COc1ccc(CCNC(=O)C(Nc2cc(C)nc(-n3ccnc3)n2)C(Nc2nc(C)cc(-n3ccnc3)n2)C(=O)NCCc2ccc3c(c2)OCO3)cc1Cl. The van der Waals surface area contributed by atoms with Gasteiger partial charge in [-0.05, 0) is 62.1 Å². The van der Waals surface area contributed by atoms with Crippen molar-refractivity contribution in [2.45, 2.75) is 38.8 Å². The Labute approximate surface area is 326 Å². The molecule has 4 N–H and O–H groups in total. The number of fused-ring (bicyclic) bond motifs is 1. The van der Waals surface area contributed by atoms with Gasteiger partial charge in [0.1, 0.15) is 42.1 Å². The van der Waals surface area contributed by atoms with E-state index in [1.807, 2.05) is 31.2 Å². The molecule has 2 unspecified atom stereocenters. The number of carbonyl (C=O) groups is 2. The van der Waals surface area contributed by atoms with Gasteiger partial charge in [0.15, 0.2) is 11.5 Å². The summed E-state index contributed by atoms with van der Waals surface area (Å²) in [4.78, 5) is 55.5. The van der Waals surface area contributed by atoms with Gasteiger partial charge in [0.2, 0.25) is 30.5 Å². The number of rotatable bonds is 16. The summed E-state index contributed by atoms with van der Waals surface area (Å²) >= 11 is 6.37. The maximum atomic E-state index is 14.4. The summed E-state index contributed by atoms with van der Waals surface area (Å²) in [7, 11) is 1.55. The summed E-state index contributed by atoms with van der Waals surface area (Å²) in [5.74, 6) is 2.14. The molecular formula is C38H39ClN12O5. The number of amides is 2. The summed E-state index contributed by atoms with van der Waals surface area (Å²) in [6, 6.07) is 12.0. The first-order valence-electron chi connectivity index (χ1n) is 17.7. The van der Waals surface area contributed by atoms with Gasteiger partial charge >= 0.3 is 0 Å². The molecule has 4 aromatic heterocycles. The van der Waals surface area contributed by atoms with Gasteiger partial charge in [0, 0.05) is 61.4 Å². The third-order valence-electron chi connectivity index (χ3n) is 8.75. The Morgan fingerprint density at radius 3 is 2.14 bits per heavy atom. The number of methoxy groups -OCH3 is 1. The fraction of sp³-hybridized carbons (Fsp3) is 0.263. The van der Waals surface area contributed by atoms with Crippen LogP contribution in [0.3, 0.4) is 0 Å². The van der Waals surface area contributed by atoms with Gasteiger partial charge in [-0.25, -0.2) is 19.9 Å². The number of nitrogens with zero attached hydrogens (tertiary/aromatic N) is 8. The summed E-state index contributed by atoms with van der Waals surface area (Å²) in [6.45, 7) is 4.25. The zero-order valence-corrected chi connectivity index (χ0v) is 31.5. The number of hydrogen-bond acceptors (Lipinski definition) is 13.